The number of hydrogen-bond acceptors (Lipinski definition) is 7. The summed E-state index contributed by atoms with van der Waals surface area (Å²) in [5.41, 5.74) is -0.956. The smallest absolute Gasteiger partial charge is 0.356 e. The number of ether oxygens (including phenoxy) is 2. The number of nitro groups is 1. The second kappa shape index (κ2) is 7.64. The van der Waals surface area contributed by atoms with E-state index in [2.05, 4.69) is 0 Å². The van der Waals surface area contributed by atoms with Gasteiger partial charge in [-0.3, -0.25) is 10.1 Å². The Hall–Kier alpha value is -2.43. The third-order valence-corrected chi connectivity index (χ3v) is 5.05. The first-order valence-corrected chi connectivity index (χ1v) is 8.63. The lowest BCUT2D eigenvalue weighted by molar-refractivity contribution is -0.387. The van der Waals surface area contributed by atoms with E-state index in [9.17, 15) is 23.3 Å². The first-order valence-electron chi connectivity index (χ1n) is 6.82. The molecule has 0 spiro atoms. The second-order valence-electron chi connectivity index (χ2n) is 4.69. The standard InChI is InChI=1S/C14H13ClN2O7S/c1-23-7-8-24-14(18)12-3-2-6-16(12)25(21,22)13-9-10(15)4-5-11(13)17(19)20/h2-6,9H,7-8H2,1H3. The minimum atomic E-state index is -4.44. The normalized spacial score (nSPS) is 11.3. The molecule has 25 heavy (non-hydrogen) atoms. The van der Waals surface area contributed by atoms with Crippen LogP contribution in [0.2, 0.25) is 5.02 Å². The van der Waals surface area contributed by atoms with Crippen LogP contribution in [0.25, 0.3) is 0 Å². The summed E-state index contributed by atoms with van der Waals surface area (Å²) in [7, 11) is -3.03. The lowest BCUT2D eigenvalue weighted by Gasteiger charge is -2.11. The van der Waals surface area contributed by atoms with Gasteiger partial charge in [0, 0.05) is 24.4 Å². The van der Waals surface area contributed by atoms with E-state index in [-0.39, 0.29) is 23.9 Å². The Morgan fingerprint density at radius 2 is 2.04 bits per heavy atom. The molecule has 0 N–H and O–H groups in total. The van der Waals surface area contributed by atoms with Gasteiger partial charge in [-0.05, 0) is 24.3 Å². The number of nitro benzene ring substituents is 1. The number of rotatable bonds is 7. The number of benzene rings is 1. The monoisotopic (exact) mass is 388 g/mol. The quantitative estimate of drug-likeness (QED) is 0.308. The van der Waals surface area contributed by atoms with Crippen molar-refractivity contribution >= 4 is 33.3 Å². The third kappa shape index (κ3) is 3.98. The predicted molar refractivity (Wildman–Crippen MR) is 87.3 cm³/mol. The molecule has 2 aromatic rings. The maximum absolute atomic E-state index is 12.8. The number of esters is 1. The highest BCUT2D eigenvalue weighted by molar-refractivity contribution is 7.90. The van der Waals surface area contributed by atoms with Gasteiger partial charge in [0.2, 0.25) is 0 Å². The van der Waals surface area contributed by atoms with Crippen molar-refractivity contribution in [1.29, 1.82) is 0 Å². The first kappa shape index (κ1) is 18.9. The van der Waals surface area contributed by atoms with Crippen molar-refractivity contribution in [3.05, 3.63) is 57.4 Å². The van der Waals surface area contributed by atoms with E-state index >= 15 is 0 Å². The van der Waals surface area contributed by atoms with E-state index in [1.165, 1.54) is 25.3 Å². The number of methoxy groups -OCH3 is 1. The maximum Gasteiger partial charge on any atom is 0.356 e. The number of aromatic nitrogens is 1. The molecule has 11 heteroatoms. The summed E-state index contributed by atoms with van der Waals surface area (Å²) >= 11 is 5.77. The molecule has 134 valence electrons. The minimum absolute atomic E-state index is 0.000511. The van der Waals surface area contributed by atoms with Gasteiger partial charge < -0.3 is 9.47 Å². The van der Waals surface area contributed by atoms with Gasteiger partial charge >= 0.3 is 5.97 Å². The van der Waals surface area contributed by atoms with Crippen LogP contribution in [0.4, 0.5) is 5.69 Å². The van der Waals surface area contributed by atoms with Gasteiger partial charge in [-0.2, -0.15) is 0 Å². The van der Waals surface area contributed by atoms with E-state index in [1.807, 2.05) is 0 Å². The van der Waals surface area contributed by atoms with Crippen LogP contribution in [0.1, 0.15) is 10.5 Å². The molecule has 0 amide bonds. The highest BCUT2D eigenvalue weighted by Gasteiger charge is 2.30. The van der Waals surface area contributed by atoms with Crippen LogP contribution in [-0.4, -0.2) is 43.6 Å². The average Bonchev–Trinajstić information content (AvgIpc) is 3.05. The Kier molecular flexibility index (Phi) is 5.77. The van der Waals surface area contributed by atoms with Gasteiger partial charge in [-0.1, -0.05) is 11.6 Å². The Balaban J connectivity index is 2.49. The third-order valence-electron chi connectivity index (χ3n) is 3.10. The van der Waals surface area contributed by atoms with Crippen LogP contribution in [0, 0.1) is 10.1 Å². The number of carbonyl (C=O) groups excluding carboxylic acids is 1. The number of nitrogens with zero attached hydrogens (tertiary/aromatic N) is 2. The summed E-state index contributed by atoms with van der Waals surface area (Å²) in [6.07, 6.45) is 1.09. The fourth-order valence-electron chi connectivity index (χ4n) is 1.98. The fraction of sp³-hybridized carbons (Fsp3) is 0.214. The summed E-state index contributed by atoms with van der Waals surface area (Å²) in [6.45, 7) is 0.0663. The van der Waals surface area contributed by atoms with Crippen molar-refractivity contribution in [2.24, 2.45) is 0 Å². The van der Waals surface area contributed by atoms with E-state index in [0.29, 0.717) is 3.97 Å². The molecule has 0 aliphatic carbocycles. The molecule has 0 aliphatic rings. The molecule has 0 atom stereocenters. The molecular formula is C14H13ClN2O7S. The van der Waals surface area contributed by atoms with Gasteiger partial charge in [0.05, 0.1) is 11.5 Å². The summed E-state index contributed by atoms with van der Waals surface area (Å²) < 4.78 is 35.8. The topological polar surface area (TPSA) is 118 Å². The van der Waals surface area contributed by atoms with Crippen LogP contribution in [0.15, 0.2) is 41.4 Å². The zero-order valence-corrected chi connectivity index (χ0v) is 14.5. The van der Waals surface area contributed by atoms with Crippen LogP contribution in [0.3, 0.4) is 0 Å². The SMILES string of the molecule is COCCOC(=O)c1cccn1S(=O)(=O)c1cc(Cl)ccc1[N+](=O)[O-]. The van der Waals surface area contributed by atoms with Crippen molar-refractivity contribution in [3.8, 4) is 0 Å². The highest BCUT2D eigenvalue weighted by atomic mass is 35.5. The van der Waals surface area contributed by atoms with Crippen LogP contribution in [0.5, 0.6) is 0 Å². The van der Waals surface area contributed by atoms with Crippen LogP contribution in [-0.2, 0) is 19.5 Å². The molecular weight excluding hydrogens is 376 g/mol. The molecule has 0 fully saturated rings. The number of halogens is 1. The number of hydrogen-bond donors (Lipinski definition) is 0. The molecule has 0 saturated heterocycles. The van der Waals surface area contributed by atoms with Crippen LogP contribution >= 0.6 is 11.6 Å². The van der Waals surface area contributed by atoms with Gasteiger partial charge in [0.1, 0.15) is 12.3 Å². The van der Waals surface area contributed by atoms with Gasteiger partial charge in [0.25, 0.3) is 15.7 Å². The van der Waals surface area contributed by atoms with Crippen molar-refractivity contribution in [1.82, 2.24) is 3.97 Å². The molecule has 0 aliphatic heterocycles. The molecule has 1 aromatic heterocycles. The zero-order valence-electron chi connectivity index (χ0n) is 12.9. The maximum atomic E-state index is 12.8. The van der Waals surface area contributed by atoms with Crippen molar-refractivity contribution < 1.29 is 27.6 Å². The fourth-order valence-corrected chi connectivity index (χ4v) is 3.73. The largest absolute Gasteiger partial charge is 0.459 e. The van der Waals surface area contributed by atoms with Crippen LogP contribution < -0.4 is 0 Å². The summed E-state index contributed by atoms with van der Waals surface area (Å²) in [5.74, 6) is -0.907. The Morgan fingerprint density at radius 1 is 1.32 bits per heavy atom. The average molecular weight is 389 g/mol. The summed E-state index contributed by atoms with van der Waals surface area (Å²) in [4.78, 5) is 21.7. The predicted octanol–water partition coefficient (Wildman–Crippen LogP) is 2.09. The first-order chi connectivity index (χ1) is 11.8. The molecule has 1 heterocycles. The Morgan fingerprint density at radius 3 is 2.68 bits per heavy atom. The van der Waals surface area contributed by atoms with Gasteiger partial charge in [-0.15, -0.1) is 0 Å². The summed E-state index contributed by atoms with van der Waals surface area (Å²) in [5, 5.41) is 11.1. The summed E-state index contributed by atoms with van der Waals surface area (Å²) in [6, 6.07) is 5.67. The Bertz CT molecular complexity index is 908. The molecule has 0 unspecified atom stereocenters. The van der Waals surface area contributed by atoms with E-state index < -0.39 is 31.5 Å². The van der Waals surface area contributed by atoms with Gasteiger partial charge in [-0.25, -0.2) is 17.2 Å². The molecule has 0 saturated carbocycles. The second-order valence-corrected chi connectivity index (χ2v) is 6.91. The van der Waals surface area contributed by atoms with Crippen molar-refractivity contribution in [2.75, 3.05) is 20.3 Å². The highest BCUT2D eigenvalue weighted by Crippen LogP contribution is 2.29. The molecule has 1 aromatic carbocycles. The molecule has 0 bridgehead atoms. The van der Waals surface area contributed by atoms with Crippen molar-refractivity contribution in [3.63, 3.8) is 0 Å². The zero-order chi connectivity index (χ0) is 18.6. The van der Waals surface area contributed by atoms with E-state index in [0.717, 1.165) is 18.3 Å². The molecule has 2 rings (SSSR count). The van der Waals surface area contributed by atoms with Gasteiger partial charge in [0.15, 0.2) is 4.90 Å². The molecule has 9 nitrogen and oxygen atoms in total. The minimum Gasteiger partial charge on any atom is -0.459 e. The Labute approximate surface area is 147 Å². The number of carbonyl (C=O) groups is 1. The lowest BCUT2D eigenvalue weighted by Crippen LogP contribution is -2.21. The van der Waals surface area contributed by atoms with E-state index in [4.69, 9.17) is 21.1 Å². The van der Waals surface area contributed by atoms with Crippen molar-refractivity contribution in [2.45, 2.75) is 4.90 Å². The molecule has 0 radical (unpaired) electrons. The lowest BCUT2D eigenvalue weighted by atomic mass is 10.3. The van der Waals surface area contributed by atoms with E-state index in [1.54, 1.807) is 0 Å².